The smallest absolute Gasteiger partial charge is 0.257 e. The molecule has 1 aliphatic heterocycles. The Balaban J connectivity index is 1.99. The van der Waals surface area contributed by atoms with Crippen LogP contribution in [0, 0.1) is 0 Å². The van der Waals surface area contributed by atoms with Crippen molar-refractivity contribution in [2.45, 2.75) is 31.4 Å². The molecule has 0 bridgehead atoms. The zero-order valence-electron chi connectivity index (χ0n) is 9.78. The van der Waals surface area contributed by atoms with Crippen molar-refractivity contribution in [3.8, 4) is 0 Å². The number of hydrogen-bond donors (Lipinski definition) is 1. The van der Waals surface area contributed by atoms with Crippen LogP contribution < -0.4 is 5.73 Å². The largest absolute Gasteiger partial charge is 0.319 e. The van der Waals surface area contributed by atoms with Crippen LogP contribution in [0.15, 0.2) is 30.3 Å². The first-order valence-corrected chi connectivity index (χ1v) is 5.93. The zero-order chi connectivity index (χ0) is 12.3. The van der Waals surface area contributed by atoms with Crippen LogP contribution in [-0.4, -0.2) is 30.0 Å². The maximum atomic E-state index is 12.9. The van der Waals surface area contributed by atoms with Crippen LogP contribution in [0.2, 0.25) is 0 Å². The number of benzene rings is 1. The Hall–Kier alpha value is -1.00. The molecule has 2 N–H and O–H groups in total. The number of piperidine rings is 1. The predicted octanol–water partition coefficient (Wildman–Crippen LogP) is 2.25. The van der Waals surface area contributed by atoms with E-state index in [1.807, 2.05) is 35.2 Å². The lowest BCUT2D eigenvalue weighted by Crippen LogP contribution is -2.58. The number of halogens is 2. The van der Waals surface area contributed by atoms with E-state index in [9.17, 15) is 8.78 Å². The Morgan fingerprint density at radius 2 is 2.00 bits per heavy atom. The quantitative estimate of drug-likeness (QED) is 0.878. The fourth-order valence-electron chi connectivity index (χ4n) is 2.36. The summed E-state index contributed by atoms with van der Waals surface area (Å²) in [5.74, 6) is 0. The molecule has 17 heavy (non-hydrogen) atoms. The second kappa shape index (κ2) is 5.10. The van der Waals surface area contributed by atoms with E-state index < -0.39 is 12.0 Å². The van der Waals surface area contributed by atoms with Crippen LogP contribution in [0.1, 0.15) is 18.4 Å². The van der Waals surface area contributed by atoms with E-state index >= 15 is 0 Å². The van der Waals surface area contributed by atoms with E-state index in [1.165, 1.54) is 0 Å². The molecule has 1 aromatic rings. The normalized spacial score (nSPS) is 26.4. The van der Waals surface area contributed by atoms with Crippen LogP contribution in [0.25, 0.3) is 0 Å². The Labute approximate surface area is 100 Å². The van der Waals surface area contributed by atoms with Gasteiger partial charge in [-0.2, -0.15) is 0 Å². The maximum absolute atomic E-state index is 12.9. The summed E-state index contributed by atoms with van der Waals surface area (Å²) in [6.07, 6.45) is -1.29. The molecular formula is C13H18F2N2. The minimum atomic E-state index is -2.44. The molecule has 1 unspecified atom stereocenters. The summed E-state index contributed by atoms with van der Waals surface area (Å²) in [5, 5.41) is 0. The van der Waals surface area contributed by atoms with Gasteiger partial charge in [-0.05, 0) is 24.9 Å². The van der Waals surface area contributed by atoms with Crippen LogP contribution in [0.5, 0.6) is 0 Å². The van der Waals surface area contributed by atoms with Crippen molar-refractivity contribution in [1.29, 1.82) is 0 Å². The second-order valence-electron chi connectivity index (χ2n) is 4.83. The second-order valence-corrected chi connectivity index (χ2v) is 4.83. The molecule has 2 rings (SSSR count). The van der Waals surface area contributed by atoms with E-state index in [-0.39, 0.29) is 6.54 Å². The fourth-order valence-corrected chi connectivity index (χ4v) is 2.36. The molecule has 1 atom stereocenters. The first-order chi connectivity index (χ1) is 8.10. The summed E-state index contributed by atoms with van der Waals surface area (Å²) in [6.45, 7) is 1.83. The van der Waals surface area contributed by atoms with Crippen LogP contribution in [0.3, 0.4) is 0 Å². The third-order valence-corrected chi connectivity index (χ3v) is 3.32. The lowest BCUT2D eigenvalue weighted by molar-refractivity contribution is 0.00236. The van der Waals surface area contributed by atoms with Gasteiger partial charge in [0.1, 0.15) is 0 Å². The molecule has 0 aliphatic carbocycles. The average Bonchev–Trinajstić information content (AvgIpc) is 2.30. The summed E-state index contributed by atoms with van der Waals surface area (Å²) >= 11 is 0. The average molecular weight is 240 g/mol. The molecule has 0 spiro atoms. The highest BCUT2D eigenvalue weighted by Crippen LogP contribution is 2.26. The lowest BCUT2D eigenvalue weighted by Gasteiger charge is -2.39. The number of nitrogens with zero attached hydrogens (tertiary/aromatic N) is 1. The number of alkyl halides is 2. The first kappa shape index (κ1) is 12.5. The Morgan fingerprint density at radius 1 is 1.29 bits per heavy atom. The fraction of sp³-hybridized carbons (Fsp3) is 0.538. The Kier molecular flexibility index (Phi) is 3.74. The Bertz CT molecular complexity index is 356. The molecular weight excluding hydrogens is 222 g/mol. The summed E-state index contributed by atoms with van der Waals surface area (Å²) in [4.78, 5) is 2.02. The first-order valence-electron chi connectivity index (χ1n) is 5.93. The van der Waals surface area contributed by atoms with Crippen molar-refractivity contribution in [2.75, 3.05) is 13.1 Å². The molecule has 2 nitrogen and oxygen atoms in total. The predicted molar refractivity (Wildman–Crippen MR) is 63.9 cm³/mol. The molecule has 0 saturated carbocycles. The van der Waals surface area contributed by atoms with E-state index in [0.717, 1.165) is 18.5 Å². The molecule has 0 aromatic heterocycles. The van der Waals surface area contributed by atoms with Gasteiger partial charge in [0.2, 0.25) is 0 Å². The van der Waals surface area contributed by atoms with Crippen LogP contribution >= 0.6 is 0 Å². The standard InChI is InChI=1S/C13H18F2N2/c14-12(15)13(16)7-4-8-17(10-13)9-11-5-2-1-3-6-11/h1-3,5-6,12H,4,7-10,16H2. The topological polar surface area (TPSA) is 29.3 Å². The van der Waals surface area contributed by atoms with Gasteiger partial charge in [0.15, 0.2) is 0 Å². The van der Waals surface area contributed by atoms with Gasteiger partial charge in [-0.1, -0.05) is 30.3 Å². The minimum Gasteiger partial charge on any atom is -0.319 e. The Morgan fingerprint density at radius 3 is 2.65 bits per heavy atom. The van der Waals surface area contributed by atoms with Crippen molar-refractivity contribution in [3.05, 3.63) is 35.9 Å². The minimum absolute atomic E-state index is 0.277. The van der Waals surface area contributed by atoms with Crippen molar-refractivity contribution >= 4 is 0 Å². The van der Waals surface area contributed by atoms with Crippen molar-refractivity contribution in [1.82, 2.24) is 4.90 Å². The van der Waals surface area contributed by atoms with Gasteiger partial charge in [-0.3, -0.25) is 4.90 Å². The summed E-state index contributed by atoms with van der Waals surface area (Å²) < 4.78 is 25.7. The molecule has 1 saturated heterocycles. The summed E-state index contributed by atoms with van der Waals surface area (Å²) in [6, 6.07) is 9.89. The van der Waals surface area contributed by atoms with Gasteiger partial charge in [-0.25, -0.2) is 8.78 Å². The lowest BCUT2D eigenvalue weighted by atomic mass is 9.90. The van der Waals surface area contributed by atoms with E-state index in [1.54, 1.807) is 0 Å². The van der Waals surface area contributed by atoms with Crippen molar-refractivity contribution in [3.63, 3.8) is 0 Å². The molecule has 94 valence electrons. The van der Waals surface area contributed by atoms with E-state index in [0.29, 0.717) is 13.0 Å². The van der Waals surface area contributed by atoms with Crippen LogP contribution in [-0.2, 0) is 6.54 Å². The van der Waals surface area contributed by atoms with Gasteiger partial charge >= 0.3 is 0 Å². The molecule has 0 radical (unpaired) electrons. The molecule has 1 aliphatic rings. The third-order valence-electron chi connectivity index (χ3n) is 3.32. The van der Waals surface area contributed by atoms with Crippen molar-refractivity contribution in [2.24, 2.45) is 5.73 Å². The van der Waals surface area contributed by atoms with Gasteiger partial charge in [0.25, 0.3) is 6.43 Å². The van der Waals surface area contributed by atoms with Gasteiger partial charge in [0.05, 0.1) is 5.54 Å². The SMILES string of the molecule is NC1(C(F)F)CCCN(Cc2ccccc2)C1. The summed E-state index contributed by atoms with van der Waals surface area (Å²) in [5.41, 5.74) is 5.57. The van der Waals surface area contributed by atoms with Crippen LogP contribution in [0.4, 0.5) is 8.78 Å². The third kappa shape index (κ3) is 3.01. The molecule has 1 heterocycles. The highest BCUT2D eigenvalue weighted by atomic mass is 19.3. The molecule has 4 heteroatoms. The number of hydrogen-bond acceptors (Lipinski definition) is 2. The zero-order valence-corrected chi connectivity index (χ0v) is 9.78. The van der Waals surface area contributed by atoms with Gasteiger partial charge < -0.3 is 5.73 Å². The number of nitrogens with two attached hydrogens (primary N) is 1. The van der Waals surface area contributed by atoms with E-state index in [2.05, 4.69) is 0 Å². The monoisotopic (exact) mass is 240 g/mol. The van der Waals surface area contributed by atoms with Gasteiger partial charge in [0, 0.05) is 13.1 Å². The number of rotatable bonds is 3. The molecule has 0 amide bonds. The van der Waals surface area contributed by atoms with Gasteiger partial charge in [-0.15, -0.1) is 0 Å². The highest BCUT2D eigenvalue weighted by Gasteiger charge is 2.39. The maximum Gasteiger partial charge on any atom is 0.257 e. The van der Waals surface area contributed by atoms with Crippen molar-refractivity contribution < 1.29 is 8.78 Å². The summed E-state index contributed by atoms with van der Waals surface area (Å²) in [7, 11) is 0. The number of likely N-dealkylation sites (tertiary alicyclic amines) is 1. The highest BCUT2D eigenvalue weighted by molar-refractivity contribution is 5.14. The molecule has 1 aromatic carbocycles. The van der Waals surface area contributed by atoms with E-state index in [4.69, 9.17) is 5.73 Å². The molecule has 1 fully saturated rings.